The number of benzene rings is 1. The molecule has 14 heavy (non-hydrogen) atoms. The molecular formula is C12H19FO. The SMILES string of the molecule is CC.COc1cccc(C(C)(C)F)c1. The lowest BCUT2D eigenvalue weighted by molar-refractivity contribution is 0.220. The van der Waals surface area contributed by atoms with E-state index >= 15 is 0 Å². The van der Waals surface area contributed by atoms with Crippen LogP contribution in [-0.2, 0) is 5.67 Å². The van der Waals surface area contributed by atoms with Crippen molar-refractivity contribution in [2.75, 3.05) is 7.11 Å². The number of rotatable bonds is 2. The van der Waals surface area contributed by atoms with Crippen molar-refractivity contribution in [1.29, 1.82) is 0 Å². The number of ether oxygens (including phenoxy) is 1. The van der Waals surface area contributed by atoms with E-state index in [1.165, 1.54) is 13.8 Å². The molecular weight excluding hydrogens is 179 g/mol. The van der Waals surface area contributed by atoms with Gasteiger partial charge in [0.15, 0.2) is 0 Å². The van der Waals surface area contributed by atoms with Gasteiger partial charge in [0.1, 0.15) is 11.4 Å². The van der Waals surface area contributed by atoms with Gasteiger partial charge >= 0.3 is 0 Å². The predicted molar refractivity (Wildman–Crippen MR) is 58.5 cm³/mol. The second-order valence-corrected chi connectivity index (χ2v) is 3.20. The van der Waals surface area contributed by atoms with Crippen LogP contribution >= 0.6 is 0 Å². The van der Waals surface area contributed by atoms with Crippen LogP contribution in [0, 0.1) is 0 Å². The second-order valence-electron chi connectivity index (χ2n) is 3.20. The van der Waals surface area contributed by atoms with E-state index in [4.69, 9.17) is 4.74 Å². The van der Waals surface area contributed by atoms with Crippen LogP contribution in [0.15, 0.2) is 24.3 Å². The first kappa shape index (κ1) is 12.9. The van der Waals surface area contributed by atoms with E-state index in [-0.39, 0.29) is 0 Å². The topological polar surface area (TPSA) is 9.23 Å². The number of hydrogen-bond donors (Lipinski definition) is 0. The highest BCUT2D eigenvalue weighted by Crippen LogP contribution is 2.26. The molecule has 0 saturated heterocycles. The van der Waals surface area contributed by atoms with Gasteiger partial charge in [0.05, 0.1) is 7.11 Å². The van der Waals surface area contributed by atoms with E-state index in [2.05, 4.69) is 0 Å². The van der Waals surface area contributed by atoms with Crippen molar-refractivity contribution < 1.29 is 9.13 Å². The van der Waals surface area contributed by atoms with Gasteiger partial charge in [0.25, 0.3) is 0 Å². The lowest BCUT2D eigenvalue weighted by atomic mass is 10.0. The Morgan fingerprint density at radius 2 is 1.79 bits per heavy atom. The molecule has 80 valence electrons. The predicted octanol–water partition coefficient (Wildman–Crippen LogP) is 3.93. The Morgan fingerprint density at radius 1 is 1.21 bits per heavy atom. The molecule has 1 aromatic carbocycles. The van der Waals surface area contributed by atoms with Gasteiger partial charge in [-0.1, -0.05) is 26.0 Å². The maximum absolute atomic E-state index is 13.4. The maximum Gasteiger partial charge on any atom is 0.130 e. The third-order valence-electron chi connectivity index (χ3n) is 1.76. The molecule has 1 rings (SSSR count). The first-order valence-corrected chi connectivity index (χ1v) is 4.87. The number of halogens is 1. The van der Waals surface area contributed by atoms with Crippen LogP contribution in [0.2, 0.25) is 0 Å². The summed E-state index contributed by atoms with van der Waals surface area (Å²) in [5.74, 6) is 0.693. The van der Waals surface area contributed by atoms with Crippen LogP contribution in [0.4, 0.5) is 4.39 Å². The van der Waals surface area contributed by atoms with Crippen LogP contribution in [0.3, 0.4) is 0 Å². The molecule has 0 spiro atoms. The molecule has 0 radical (unpaired) electrons. The summed E-state index contributed by atoms with van der Waals surface area (Å²) >= 11 is 0. The minimum Gasteiger partial charge on any atom is -0.497 e. The van der Waals surface area contributed by atoms with Gasteiger partial charge in [-0.05, 0) is 31.5 Å². The molecule has 0 aliphatic rings. The molecule has 0 bridgehead atoms. The minimum absolute atomic E-state index is 0.641. The summed E-state index contributed by atoms with van der Waals surface area (Å²) in [4.78, 5) is 0. The molecule has 0 heterocycles. The fraction of sp³-hybridized carbons (Fsp3) is 0.500. The molecule has 0 unspecified atom stereocenters. The van der Waals surface area contributed by atoms with E-state index in [0.717, 1.165) is 0 Å². The zero-order valence-corrected chi connectivity index (χ0v) is 9.60. The highest BCUT2D eigenvalue weighted by Gasteiger charge is 2.18. The zero-order chi connectivity index (χ0) is 11.2. The fourth-order valence-electron chi connectivity index (χ4n) is 0.993. The summed E-state index contributed by atoms with van der Waals surface area (Å²) in [5.41, 5.74) is -0.656. The van der Waals surface area contributed by atoms with Gasteiger partial charge in [0.2, 0.25) is 0 Å². The standard InChI is InChI=1S/C10H13FO.C2H6/c1-10(2,11)8-5-4-6-9(7-8)12-3;1-2/h4-7H,1-3H3;1-2H3. The minimum atomic E-state index is -1.30. The number of methoxy groups -OCH3 is 1. The summed E-state index contributed by atoms with van der Waals surface area (Å²) < 4.78 is 18.4. The van der Waals surface area contributed by atoms with Gasteiger partial charge in [-0.15, -0.1) is 0 Å². The van der Waals surface area contributed by atoms with Crippen molar-refractivity contribution in [2.24, 2.45) is 0 Å². The Balaban J connectivity index is 0.000000791. The largest absolute Gasteiger partial charge is 0.497 e. The summed E-state index contributed by atoms with van der Waals surface area (Å²) in [6.45, 7) is 7.06. The Hall–Kier alpha value is -1.05. The van der Waals surface area contributed by atoms with Crippen LogP contribution in [0.25, 0.3) is 0 Å². The van der Waals surface area contributed by atoms with E-state index in [1.54, 1.807) is 31.4 Å². The first-order chi connectivity index (χ1) is 6.54. The summed E-state index contributed by atoms with van der Waals surface area (Å²) in [7, 11) is 1.57. The smallest absolute Gasteiger partial charge is 0.130 e. The van der Waals surface area contributed by atoms with Gasteiger partial charge in [-0.2, -0.15) is 0 Å². The first-order valence-electron chi connectivity index (χ1n) is 4.87. The average Bonchev–Trinajstić information content (AvgIpc) is 2.20. The second kappa shape index (κ2) is 5.63. The van der Waals surface area contributed by atoms with Crippen molar-refractivity contribution in [3.8, 4) is 5.75 Å². The Kier molecular flexibility index (Phi) is 5.21. The van der Waals surface area contributed by atoms with Crippen molar-refractivity contribution >= 4 is 0 Å². The Morgan fingerprint density at radius 3 is 2.21 bits per heavy atom. The normalized spacial score (nSPS) is 10.1. The molecule has 0 saturated carbocycles. The molecule has 0 atom stereocenters. The third-order valence-corrected chi connectivity index (χ3v) is 1.76. The van der Waals surface area contributed by atoms with Gasteiger partial charge in [-0.25, -0.2) is 4.39 Å². The van der Waals surface area contributed by atoms with E-state index in [9.17, 15) is 4.39 Å². The Labute approximate surface area is 85.9 Å². The van der Waals surface area contributed by atoms with E-state index in [1.807, 2.05) is 13.8 Å². The third kappa shape index (κ3) is 3.77. The van der Waals surface area contributed by atoms with Crippen LogP contribution in [-0.4, -0.2) is 7.11 Å². The molecule has 0 aliphatic heterocycles. The highest BCUT2D eigenvalue weighted by atomic mass is 19.1. The summed E-state index contributed by atoms with van der Waals surface area (Å²) in [6, 6.07) is 7.05. The number of hydrogen-bond acceptors (Lipinski definition) is 1. The Bertz CT molecular complexity index is 263. The van der Waals surface area contributed by atoms with Gasteiger partial charge < -0.3 is 4.74 Å². The fourth-order valence-corrected chi connectivity index (χ4v) is 0.993. The lowest BCUT2D eigenvalue weighted by Crippen LogP contribution is -2.08. The molecule has 1 aromatic rings. The molecule has 0 amide bonds. The molecule has 0 N–H and O–H groups in total. The molecule has 0 fully saturated rings. The molecule has 0 aliphatic carbocycles. The van der Waals surface area contributed by atoms with Crippen molar-refractivity contribution in [3.63, 3.8) is 0 Å². The van der Waals surface area contributed by atoms with Crippen molar-refractivity contribution in [2.45, 2.75) is 33.4 Å². The lowest BCUT2D eigenvalue weighted by Gasteiger charge is -2.14. The summed E-state index contributed by atoms with van der Waals surface area (Å²) in [5, 5.41) is 0. The quantitative estimate of drug-likeness (QED) is 0.699. The van der Waals surface area contributed by atoms with Crippen LogP contribution in [0.5, 0.6) is 5.75 Å². The van der Waals surface area contributed by atoms with E-state index < -0.39 is 5.67 Å². The van der Waals surface area contributed by atoms with Gasteiger partial charge in [0, 0.05) is 0 Å². The average molecular weight is 198 g/mol. The molecule has 0 aromatic heterocycles. The zero-order valence-electron chi connectivity index (χ0n) is 9.60. The number of alkyl halides is 1. The molecule has 2 heteroatoms. The van der Waals surface area contributed by atoms with Crippen molar-refractivity contribution in [1.82, 2.24) is 0 Å². The summed E-state index contributed by atoms with van der Waals surface area (Å²) in [6.07, 6.45) is 0. The van der Waals surface area contributed by atoms with Crippen LogP contribution in [0.1, 0.15) is 33.3 Å². The maximum atomic E-state index is 13.4. The van der Waals surface area contributed by atoms with Crippen LogP contribution < -0.4 is 4.74 Å². The van der Waals surface area contributed by atoms with E-state index in [0.29, 0.717) is 11.3 Å². The highest BCUT2D eigenvalue weighted by molar-refractivity contribution is 5.31. The molecule has 1 nitrogen and oxygen atoms in total. The monoisotopic (exact) mass is 198 g/mol. The van der Waals surface area contributed by atoms with Crippen molar-refractivity contribution in [3.05, 3.63) is 29.8 Å². The van der Waals surface area contributed by atoms with Gasteiger partial charge in [-0.3, -0.25) is 0 Å².